The lowest BCUT2D eigenvalue weighted by Gasteiger charge is -2.20. The van der Waals surface area contributed by atoms with Crippen molar-refractivity contribution in [3.63, 3.8) is 0 Å². The van der Waals surface area contributed by atoms with Crippen molar-refractivity contribution < 1.29 is 0 Å². The molecule has 0 bridgehead atoms. The highest BCUT2D eigenvalue weighted by Crippen LogP contribution is 2.30. The first-order chi connectivity index (χ1) is 9.74. The molecule has 0 saturated carbocycles. The molecule has 1 heterocycles. The van der Waals surface area contributed by atoms with Gasteiger partial charge >= 0.3 is 0 Å². The summed E-state index contributed by atoms with van der Waals surface area (Å²) in [5.41, 5.74) is 4.91. The van der Waals surface area contributed by atoms with E-state index in [0.29, 0.717) is 0 Å². The third-order valence-electron chi connectivity index (χ3n) is 3.40. The number of aryl methyl sites for hydroxylation is 2. The van der Waals surface area contributed by atoms with Gasteiger partial charge < -0.3 is 4.90 Å². The second kappa shape index (κ2) is 5.71. The minimum absolute atomic E-state index is 1.02. The van der Waals surface area contributed by atoms with Crippen molar-refractivity contribution in [2.75, 3.05) is 17.2 Å². The third-order valence-corrected chi connectivity index (χ3v) is 4.36. The Hall–Kier alpha value is -1.74. The van der Waals surface area contributed by atoms with E-state index in [0.717, 1.165) is 23.2 Å². The normalized spacial score (nSPS) is 16.9. The highest BCUT2D eigenvalue weighted by Gasteiger charge is 2.22. The summed E-state index contributed by atoms with van der Waals surface area (Å²) in [7, 11) is 0. The van der Waals surface area contributed by atoms with E-state index >= 15 is 0 Å². The lowest BCUT2D eigenvalue weighted by Crippen LogP contribution is -2.24. The molecule has 2 nitrogen and oxygen atoms in total. The van der Waals surface area contributed by atoms with Gasteiger partial charge in [-0.15, -0.1) is 0 Å². The van der Waals surface area contributed by atoms with E-state index < -0.39 is 0 Å². The van der Waals surface area contributed by atoms with Gasteiger partial charge in [-0.05, 0) is 37.6 Å². The Bertz CT molecular complexity index is 635. The van der Waals surface area contributed by atoms with Crippen LogP contribution in [0.4, 0.5) is 11.4 Å². The van der Waals surface area contributed by atoms with Crippen LogP contribution in [0.2, 0.25) is 0 Å². The Morgan fingerprint density at radius 3 is 2.60 bits per heavy atom. The van der Waals surface area contributed by atoms with Crippen LogP contribution in [0.25, 0.3) is 0 Å². The maximum atomic E-state index is 4.78. The van der Waals surface area contributed by atoms with Crippen LogP contribution in [-0.4, -0.2) is 17.5 Å². The van der Waals surface area contributed by atoms with Crippen LogP contribution in [0, 0.1) is 13.8 Å². The number of nitrogens with zero attached hydrogens (tertiary/aromatic N) is 2. The summed E-state index contributed by atoms with van der Waals surface area (Å²) in [6.45, 7) is 5.33. The van der Waals surface area contributed by atoms with Crippen molar-refractivity contribution in [2.24, 2.45) is 4.99 Å². The van der Waals surface area contributed by atoms with Crippen LogP contribution < -0.4 is 4.90 Å². The standard InChI is InChI=1S/C17H18N2S/c1-13-8-9-16(14(2)12-13)19-10-11-20-17(19)18-15-6-4-3-5-7-15/h3-9,12H,10-11H2,1-2H3. The number of anilines is 1. The monoisotopic (exact) mass is 282 g/mol. The molecule has 102 valence electrons. The zero-order valence-corrected chi connectivity index (χ0v) is 12.7. The molecular weight excluding hydrogens is 264 g/mol. The molecule has 1 fully saturated rings. The van der Waals surface area contributed by atoms with Gasteiger partial charge in [-0.3, -0.25) is 0 Å². The van der Waals surface area contributed by atoms with Crippen molar-refractivity contribution >= 4 is 28.3 Å². The molecular formula is C17H18N2S. The lowest BCUT2D eigenvalue weighted by atomic mass is 10.1. The molecule has 1 aliphatic heterocycles. The number of thioether (sulfide) groups is 1. The average molecular weight is 282 g/mol. The summed E-state index contributed by atoms with van der Waals surface area (Å²) in [4.78, 5) is 7.11. The van der Waals surface area contributed by atoms with E-state index in [2.05, 4.69) is 36.9 Å². The summed E-state index contributed by atoms with van der Waals surface area (Å²) in [5, 5.41) is 1.10. The zero-order chi connectivity index (χ0) is 13.9. The molecule has 0 aromatic heterocycles. The van der Waals surface area contributed by atoms with Gasteiger partial charge in [0.1, 0.15) is 0 Å². The van der Waals surface area contributed by atoms with Crippen LogP contribution in [0.1, 0.15) is 11.1 Å². The molecule has 2 aromatic rings. The first-order valence-electron chi connectivity index (χ1n) is 6.85. The molecule has 3 rings (SSSR count). The molecule has 0 unspecified atom stereocenters. The summed E-state index contributed by atoms with van der Waals surface area (Å²) in [5.74, 6) is 1.10. The Kier molecular flexibility index (Phi) is 3.79. The topological polar surface area (TPSA) is 15.6 Å². The Morgan fingerprint density at radius 1 is 1.05 bits per heavy atom. The summed E-state index contributed by atoms with van der Waals surface area (Å²) >= 11 is 1.83. The minimum atomic E-state index is 1.02. The molecule has 1 saturated heterocycles. The van der Waals surface area contributed by atoms with E-state index in [1.807, 2.05) is 42.1 Å². The van der Waals surface area contributed by atoms with Crippen LogP contribution in [0.15, 0.2) is 53.5 Å². The largest absolute Gasteiger partial charge is 0.320 e. The quantitative estimate of drug-likeness (QED) is 0.803. The molecule has 0 spiro atoms. The van der Waals surface area contributed by atoms with Gasteiger partial charge in [0.25, 0.3) is 0 Å². The molecule has 1 aliphatic rings. The van der Waals surface area contributed by atoms with Gasteiger partial charge in [-0.1, -0.05) is 47.7 Å². The number of benzene rings is 2. The molecule has 0 radical (unpaired) electrons. The lowest BCUT2D eigenvalue weighted by molar-refractivity contribution is 1.09. The number of amidine groups is 1. The number of para-hydroxylation sites is 1. The van der Waals surface area contributed by atoms with Crippen molar-refractivity contribution in [3.8, 4) is 0 Å². The highest BCUT2D eigenvalue weighted by atomic mass is 32.2. The number of hydrogen-bond donors (Lipinski definition) is 0. The third kappa shape index (κ3) is 2.73. The highest BCUT2D eigenvalue weighted by molar-refractivity contribution is 8.14. The molecule has 3 heteroatoms. The summed E-state index contributed by atoms with van der Waals surface area (Å²) in [6.07, 6.45) is 0. The number of hydrogen-bond acceptors (Lipinski definition) is 2. The Labute approximate surface area is 124 Å². The van der Waals surface area contributed by atoms with Crippen LogP contribution in [0.3, 0.4) is 0 Å². The molecule has 0 atom stereocenters. The van der Waals surface area contributed by atoms with Crippen molar-refractivity contribution in [2.45, 2.75) is 13.8 Å². The van der Waals surface area contributed by atoms with Gasteiger partial charge in [0, 0.05) is 18.0 Å². The SMILES string of the molecule is Cc1ccc(N2CCSC2=Nc2ccccc2)c(C)c1. The van der Waals surface area contributed by atoms with Gasteiger partial charge in [-0.2, -0.15) is 0 Å². The Morgan fingerprint density at radius 2 is 1.85 bits per heavy atom. The Balaban J connectivity index is 1.95. The summed E-state index contributed by atoms with van der Waals surface area (Å²) < 4.78 is 0. The fraction of sp³-hybridized carbons (Fsp3) is 0.235. The van der Waals surface area contributed by atoms with Gasteiger partial charge in [-0.25, -0.2) is 4.99 Å². The second-order valence-electron chi connectivity index (χ2n) is 5.02. The first kappa shape index (κ1) is 13.3. The predicted molar refractivity (Wildman–Crippen MR) is 89.3 cm³/mol. The van der Waals surface area contributed by atoms with Crippen molar-refractivity contribution in [3.05, 3.63) is 59.7 Å². The van der Waals surface area contributed by atoms with Crippen LogP contribution >= 0.6 is 11.8 Å². The minimum Gasteiger partial charge on any atom is -0.320 e. The maximum Gasteiger partial charge on any atom is 0.168 e. The molecule has 20 heavy (non-hydrogen) atoms. The van der Waals surface area contributed by atoms with E-state index in [-0.39, 0.29) is 0 Å². The first-order valence-corrected chi connectivity index (χ1v) is 7.84. The van der Waals surface area contributed by atoms with E-state index in [4.69, 9.17) is 4.99 Å². The second-order valence-corrected chi connectivity index (χ2v) is 6.08. The van der Waals surface area contributed by atoms with Crippen molar-refractivity contribution in [1.82, 2.24) is 0 Å². The van der Waals surface area contributed by atoms with Gasteiger partial charge in [0.05, 0.1) is 5.69 Å². The predicted octanol–water partition coefficient (Wildman–Crippen LogP) is 4.54. The number of aliphatic imine (C=N–C) groups is 1. The summed E-state index contributed by atoms with van der Waals surface area (Å²) in [6, 6.07) is 16.8. The van der Waals surface area contributed by atoms with Gasteiger partial charge in [0.15, 0.2) is 5.17 Å². The fourth-order valence-corrected chi connectivity index (χ4v) is 3.41. The van der Waals surface area contributed by atoms with Crippen LogP contribution in [-0.2, 0) is 0 Å². The van der Waals surface area contributed by atoms with E-state index in [1.54, 1.807) is 0 Å². The van der Waals surface area contributed by atoms with E-state index in [9.17, 15) is 0 Å². The fourth-order valence-electron chi connectivity index (χ4n) is 2.44. The van der Waals surface area contributed by atoms with E-state index in [1.165, 1.54) is 16.8 Å². The zero-order valence-electron chi connectivity index (χ0n) is 11.8. The molecule has 0 amide bonds. The van der Waals surface area contributed by atoms with Crippen LogP contribution in [0.5, 0.6) is 0 Å². The van der Waals surface area contributed by atoms with Crippen molar-refractivity contribution in [1.29, 1.82) is 0 Å². The smallest absolute Gasteiger partial charge is 0.168 e. The maximum absolute atomic E-state index is 4.78. The number of rotatable bonds is 2. The molecule has 0 N–H and O–H groups in total. The molecule has 0 aliphatic carbocycles. The van der Waals surface area contributed by atoms with Gasteiger partial charge in [0.2, 0.25) is 0 Å². The average Bonchev–Trinajstić information content (AvgIpc) is 2.88. The molecule has 2 aromatic carbocycles.